The molecule has 0 saturated carbocycles. The fourth-order valence-corrected chi connectivity index (χ4v) is 5.53. The Balaban J connectivity index is 1.36. The number of nitrogens with zero attached hydrogens (tertiary/aromatic N) is 1. The zero-order valence-electron chi connectivity index (χ0n) is 17.7. The van der Waals surface area contributed by atoms with Crippen molar-refractivity contribution < 1.29 is 27.5 Å². The Bertz CT molecular complexity index is 1100. The van der Waals surface area contributed by atoms with Gasteiger partial charge >= 0.3 is 5.97 Å². The van der Waals surface area contributed by atoms with Gasteiger partial charge < -0.3 is 14.8 Å². The number of sulfonamides is 1. The lowest BCUT2D eigenvalue weighted by atomic mass is 9.88. The number of morpholine rings is 1. The molecule has 1 heterocycles. The summed E-state index contributed by atoms with van der Waals surface area (Å²) >= 11 is 0. The van der Waals surface area contributed by atoms with Crippen molar-refractivity contribution in [2.75, 3.05) is 32.9 Å². The number of rotatable bonds is 6. The summed E-state index contributed by atoms with van der Waals surface area (Å²) in [5.41, 5.74) is 2.40. The fraction of sp³-hybridized carbons (Fsp3) is 0.391. The van der Waals surface area contributed by atoms with Crippen LogP contribution < -0.4 is 5.32 Å². The van der Waals surface area contributed by atoms with Gasteiger partial charge in [0.05, 0.1) is 29.7 Å². The molecule has 1 atom stereocenters. The van der Waals surface area contributed by atoms with E-state index in [0.717, 1.165) is 24.8 Å². The van der Waals surface area contributed by atoms with Gasteiger partial charge in [-0.05, 0) is 48.6 Å². The summed E-state index contributed by atoms with van der Waals surface area (Å²) in [5.74, 6) is -1.14. The molecule has 9 heteroatoms. The Hall–Kier alpha value is -2.75. The third-order valence-corrected chi connectivity index (χ3v) is 7.61. The van der Waals surface area contributed by atoms with Gasteiger partial charge in [-0.3, -0.25) is 4.79 Å². The molecule has 32 heavy (non-hydrogen) atoms. The summed E-state index contributed by atoms with van der Waals surface area (Å²) < 4.78 is 37.3. The van der Waals surface area contributed by atoms with Crippen molar-refractivity contribution in [3.8, 4) is 0 Å². The topological polar surface area (TPSA) is 102 Å². The highest BCUT2D eigenvalue weighted by Crippen LogP contribution is 2.29. The van der Waals surface area contributed by atoms with Gasteiger partial charge in [-0.25, -0.2) is 13.2 Å². The van der Waals surface area contributed by atoms with Crippen molar-refractivity contribution in [2.45, 2.75) is 30.2 Å². The highest BCUT2D eigenvalue weighted by atomic mass is 32.2. The molecule has 1 fully saturated rings. The van der Waals surface area contributed by atoms with E-state index in [1.165, 1.54) is 34.1 Å². The van der Waals surface area contributed by atoms with E-state index >= 15 is 0 Å². The molecule has 0 aromatic heterocycles. The molecular formula is C23H26N2O6S. The predicted molar refractivity (Wildman–Crippen MR) is 117 cm³/mol. The van der Waals surface area contributed by atoms with E-state index in [9.17, 15) is 18.0 Å². The summed E-state index contributed by atoms with van der Waals surface area (Å²) in [6, 6.07) is 13.6. The zero-order chi connectivity index (χ0) is 22.6. The first-order valence-corrected chi connectivity index (χ1v) is 12.1. The first-order chi connectivity index (χ1) is 15.4. The van der Waals surface area contributed by atoms with Crippen molar-refractivity contribution in [1.29, 1.82) is 0 Å². The van der Waals surface area contributed by atoms with Gasteiger partial charge in [0.1, 0.15) is 0 Å². The number of hydrogen-bond acceptors (Lipinski definition) is 6. The first-order valence-electron chi connectivity index (χ1n) is 10.7. The Morgan fingerprint density at radius 2 is 1.88 bits per heavy atom. The van der Waals surface area contributed by atoms with Crippen LogP contribution in [-0.2, 0) is 30.7 Å². The highest BCUT2D eigenvalue weighted by molar-refractivity contribution is 7.89. The van der Waals surface area contributed by atoms with Gasteiger partial charge in [0.15, 0.2) is 6.61 Å². The highest BCUT2D eigenvalue weighted by Gasteiger charge is 2.27. The van der Waals surface area contributed by atoms with Crippen LogP contribution in [0.3, 0.4) is 0 Å². The summed E-state index contributed by atoms with van der Waals surface area (Å²) in [6.07, 6.45) is 2.80. The molecule has 4 rings (SSSR count). The molecular weight excluding hydrogens is 432 g/mol. The van der Waals surface area contributed by atoms with Gasteiger partial charge in [-0.2, -0.15) is 4.31 Å². The molecule has 0 unspecified atom stereocenters. The summed E-state index contributed by atoms with van der Waals surface area (Å²) in [7, 11) is -3.73. The van der Waals surface area contributed by atoms with E-state index in [0.29, 0.717) is 13.2 Å². The van der Waals surface area contributed by atoms with Gasteiger partial charge in [0.2, 0.25) is 10.0 Å². The molecule has 8 nitrogen and oxygen atoms in total. The van der Waals surface area contributed by atoms with E-state index in [-0.39, 0.29) is 29.6 Å². The Labute approximate surface area is 187 Å². The van der Waals surface area contributed by atoms with E-state index in [1.807, 2.05) is 18.2 Å². The van der Waals surface area contributed by atoms with Crippen molar-refractivity contribution in [1.82, 2.24) is 9.62 Å². The second kappa shape index (κ2) is 9.81. The SMILES string of the molecule is O=C(COC(=O)c1cccc(S(=O)(=O)N2CCOCC2)c1)N[C@H]1CCCc2ccccc21. The van der Waals surface area contributed by atoms with Crippen molar-refractivity contribution in [2.24, 2.45) is 0 Å². The van der Waals surface area contributed by atoms with E-state index < -0.39 is 28.5 Å². The quantitative estimate of drug-likeness (QED) is 0.665. The van der Waals surface area contributed by atoms with Gasteiger partial charge in [0, 0.05) is 13.1 Å². The maximum absolute atomic E-state index is 12.8. The Morgan fingerprint density at radius 1 is 1.09 bits per heavy atom. The van der Waals surface area contributed by atoms with Crippen LogP contribution in [-0.4, -0.2) is 57.5 Å². The van der Waals surface area contributed by atoms with E-state index in [2.05, 4.69) is 11.4 Å². The lowest BCUT2D eigenvalue weighted by Gasteiger charge is -2.26. The molecule has 2 aliphatic rings. The van der Waals surface area contributed by atoms with E-state index in [4.69, 9.17) is 9.47 Å². The fourth-order valence-electron chi connectivity index (χ4n) is 4.07. The minimum atomic E-state index is -3.73. The maximum Gasteiger partial charge on any atom is 0.338 e. The van der Waals surface area contributed by atoms with Crippen molar-refractivity contribution >= 4 is 21.9 Å². The van der Waals surface area contributed by atoms with Gasteiger partial charge in [-0.15, -0.1) is 0 Å². The Kier molecular flexibility index (Phi) is 6.88. The second-order valence-electron chi connectivity index (χ2n) is 7.83. The molecule has 1 N–H and O–H groups in total. The molecule has 0 spiro atoms. The molecule has 0 radical (unpaired) electrons. The number of benzene rings is 2. The second-order valence-corrected chi connectivity index (χ2v) is 9.77. The van der Waals surface area contributed by atoms with Crippen LogP contribution in [0.25, 0.3) is 0 Å². The predicted octanol–water partition coefficient (Wildman–Crippen LogP) is 2.06. The molecule has 1 aliphatic carbocycles. The maximum atomic E-state index is 12.8. The average Bonchev–Trinajstić information content (AvgIpc) is 2.83. The van der Waals surface area contributed by atoms with Crippen LogP contribution in [0.15, 0.2) is 53.4 Å². The van der Waals surface area contributed by atoms with Crippen LogP contribution in [0.5, 0.6) is 0 Å². The minimum Gasteiger partial charge on any atom is -0.452 e. The number of hydrogen-bond donors (Lipinski definition) is 1. The molecule has 0 bridgehead atoms. The smallest absolute Gasteiger partial charge is 0.338 e. The summed E-state index contributed by atoms with van der Waals surface area (Å²) in [6.45, 7) is 0.768. The summed E-state index contributed by atoms with van der Waals surface area (Å²) in [5, 5.41) is 2.93. The average molecular weight is 459 g/mol. The largest absolute Gasteiger partial charge is 0.452 e. The number of carbonyl (C=O) groups excluding carboxylic acids is 2. The first kappa shape index (κ1) is 22.4. The number of carbonyl (C=O) groups is 2. The van der Waals surface area contributed by atoms with Crippen molar-refractivity contribution in [3.63, 3.8) is 0 Å². The molecule has 1 saturated heterocycles. The molecule has 2 aromatic rings. The van der Waals surface area contributed by atoms with Crippen LogP contribution in [0.4, 0.5) is 0 Å². The monoisotopic (exact) mass is 458 g/mol. The van der Waals surface area contributed by atoms with E-state index in [1.54, 1.807) is 0 Å². The zero-order valence-corrected chi connectivity index (χ0v) is 18.5. The van der Waals surface area contributed by atoms with Crippen molar-refractivity contribution in [3.05, 3.63) is 65.2 Å². The summed E-state index contributed by atoms with van der Waals surface area (Å²) in [4.78, 5) is 24.9. The van der Waals surface area contributed by atoms with Crippen LogP contribution in [0.2, 0.25) is 0 Å². The van der Waals surface area contributed by atoms with Gasteiger partial charge in [0.25, 0.3) is 5.91 Å². The third-order valence-electron chi connectivity index (χ3n) is 5.72. The molecule has 170 valence electrons. The molecule has 1 aliphatic heterocycles. The number of fused-ring (bicyclic) bond motifs is 1. The lowest BCUT2D eigenvalue weighted by molar-refractivity contribution is -0.125. The Morgan fingerprint density at radius 3 is 2.69 bits per heavy atom. The van der Waals surface area contributed by atoms with Crippen LogP contribution in [0, 0.1) is 0 Å². The number of amides is 1. The number of nitrogens with one attached hydrogen (secondary N) is 1. The number of ether oxygens (including phenoxy) is 2. The van der Waals surface area contributed by atoms with Gasteiger partial charge in [-0.1, -0.05) is 30.3 Å². The van der Waals surface area contributed by atoms with Crippen LogP contribution >= 0.6 is 0 Å². The minimum absolute atomic E-state index is 0.0112. The number of esters is 1. The van der Waals surface area contributed by atoms with Crippen LogP contribution in [0.1, 0.15) is 40.4 Å². The normalized spacial score (nSPS) is 19.1. The molecule has 2 aromatic carbocycles. The third kappa shape index (κ3) is 5.01. The number of aryl methyl sites for hydroxylation is 1. The standard InChI is InChI=1S/C23H26N2O6S/c26-22(24-21-10-4-6-17-5-1-2-9-20(17)21)16-31-23(27)18-7-3-8-19(15-18)32(28,29)25-11-13-30-14-12-25/h1-3,5,7-9,15,21H,4,6,10-14,16H2,(H,24,26)/t21-/m0/s1. The lowest BCUT2D eigenvalue weighted by Crippen LogP contribution is -2.40. The molecule has 1 amide bonds.